The molecule has 32 heavy (non-hydrogen) atoms. The first-order valence-corrected chi connectivity index (χ1v) is 10.2. The smallest absolute Gasteiger partial charge is 0.416 e. The lowest BCUT2D eigenvalue weighted by Crippen LogP contribution is -2.36. The van der Waals surface area contributed by atoms with Crippen molar-refractivity contribution in [2.24, 2.45) is 0 Å². The molecule has 1 amide bonds. The van der Waals surface area contributed by atoms with E-state index in [0.29, 0.717) is 37.0 Å². The molecular formula is C22H22ClF3N2O4. The van der Waals surface area contributed by atoms with Crippen LogP contribution in [0.5, 0.6) is 0 Å². The van der Waals surface area contributed by atoms with Gasteiger partial charge in [0.05, 0.1) is 42.5 Å². The second kappa shape index (κ2) is 10.2. The van der Waals surface area contributed by atoms with Crippen molar-refractivity contribution in [2.45, 2.75) is 18.5 Å². The number of anilines is 2. The normalized spacial score (nSPS) is 15.2. The first-order chi connectivity index (χ1) is 15.2. The molecule has 1 N–H and O–H groups in total. The van der Waals surface area contributed by atoms with E-state index < -0.39 is 29.5 Å². The number of nitrogens with zero attached hydrogens (tertiary/aromatic N) is 1. The van der Waals surface area contributed by atoms with Crippen LogP contribution in [0.3, 0.4) is 0 Å². The fraction of sp³-hybridized carbons (Fsp3) is 0.364. The lowest BCUT2D eigenvalue weighted by atomic mass is 9.94. The number of carbonyl (C=O) groups is 2. The summed E-state index contributed by atoms with van der Waals surface area (Å²) in [5, 5.41) is 3.13. The molecule has 2 aromatic carbocycles. The Morgan fingerprint density at radius 3 is 2.38 bits per heavy atom. The van der Waals surface area contributed by atoms with Gasteiger partial charge in [0.25, 0.3) is 0 Å². The monoisotopic (exact) mass is 470 g/mol. The van der Waals surface area contributed by atoms with Gasteiger partial charge in [-0.3, -0.25) is 9.59 Å². The number of rotatable bonds is 6. The third kappa shape index (κ3) is 5.92. The summed E-state index contributed by atoms with van der Waals surface area (Å²) in [6, 6.07) is 9.17. The number of halogens is 4. The zero-order valence-electron chi connectivity index (χ0n) is 17.2. The van der Waals surface area contributed by atoms with E-state index in [1.54, 1.807) is 18.2 Å². The van der Waals surface area contributed by atoms with E-state index in [1.807, 2.05) is 0 Å². The SMILES string of the molecule is COC(=O)C(CC(=O)Nc1ccc(N2CCOCC2)c(Cl)c1)c1ccc(C(F)(F)F)cc1. The van der Waals surface area contributed by atoms with Crippen molar-refractivity contribution in [2.75, 3.05) is 43.6 Å². The molecule has 1 aliphatic heterocycles. The Balaban J connectivity index is 1.70. The lowest BCUT2D eigenvalue weighted by Gasteiger charge is -2.29. The third-order valence-electron chi connectivity index (χ3n) is 5.10. The number of morpholine rings is 1. The van der Waals surface area contributed by atoms with Crippen molar-refractivity contribution >= 4 is 34.9 Å². The zero-order valence-corrected chi connectivity index (χ0v) is 18.0. The Labute approximate surface area is 188 Å². The van der Waals surface area contributed by atoms with Crippen LogP contribution in [0.2, 0.25) is 5.02 Å². The molecule has 172 valence electrons. The molecule has 0 radical (unpaired) electrons. The van der Waals surface area contributed by atoms with E-state index in [1.165, 1.54) is 12.1 Å². The number of esters is 1. The summed E-state index contributed by atoms with van der Waals surface area (Å²) in [7, 11) is 1.15. The predicted octanol–water partition coefficient (Wildman–Crippen LogP) is 4.48. The second-order valence-corrected chi connectivity index (χ2v) is 7.62. The van der Waals surface area contributed by atoms with Crippen molar-refractivity contribution in [3.63, 3.8) is 0 Å². The molecule has 1 fully saturated rings. The molecule has 3 rings (SSSR count). The van der Waals surface area contributed by atoms with Gasteiger partial charge in [-0.15, -0.1) is 0 Å². The second-order valence-electron chi connectivity index (χ2n) is 7.21. The van der Waals surface area contributed by atoms with Crippen LogP contribution in [0.25, 0.3) is 0 Å². The molecule has 1 unspecified atom stereocenters. The first-order valence-electron chi connectivity index (χ1n) is 9.86. The highest BCUT2D eigenvalue weighted by molar-refractivity contribution is 6.33. The zero-order chi connectivity index (χ0) is 23.3. The van der Waals surface area contributed by atoms with E-state index in [-0.39, 0.29) is 12.0 Å². The Bertz CT molecular complexity index is 961. The number of carbonyl (C=O) groups excluding carboxylic acids is 2. The molecule has 10 heteroatoms. The van der Waals surface area contributed by atoms with Crippen LogP contribution in [-0.4, -0.2) is 45.3 Å². The van der Waals surface area contributed by atoms with Crippen molar-refractivity contribution < 1.29 is 32.2 Å². The van der Waals surface area contributed by atoms with Gasteiger partial charge in [0, 0.05) is 25.2 Å². The van der Waals surface area contributed by atoms with Gasteiger partial charge < -0.3 is 19.7 Å². The molecule has 0 aromatic heterocycles. The van der Waals surface area contributed by atoms with Crippen LogP contribution < -0.4 is 10.2 Å². The van der Waals surface area contributed by atoms with E-state index >= 15 is 0 Å². The molecular weight excluding hydrogens is 449 g/mol. The summed E-state index contributed by atoms with van der Waals surface area (Å²) in [6.07, 6.45) is -4.80. The molecule has 0 saturated carbocycles. The highest BCUT2D eigenvalue weighted by Gasteiger charge is 2.31. The Hall–Kier alpha value is -2.78. The fourth-order valence-corrected chi connectivity index (χ4v) is 3.73. The van der Waals surface area contributed by atoms with Crippen LogP contribution in [0.15, 0.2) is 42.5 Å². The number of amides is 1. The number of hydrogen-bond acceptors (Lipinski definition) is 5. The first kappa shape index (κ1) is 23.9. The van der Waals surface area contributed by atoms with E-state index in [4.69, 9.17) is 21.1 Å². The van der Waals surface area contributed by atoms with Crippen LogP contribution in [0, 0.1) is 0 Å². The Morgan fingerprint density at radius 2 is 1.81 bits per heavy atom. The quantitative estimate of drug-likeness (QED) is 0.630. The summed E-state index contributed by atoms with van der Waals surface area (Å²) >= 11 is 6.37. The summed E-state index contributed by atoms with van der Waals surface area (Å²) in [6.45, 7) is 2.63. The molecule has 0 bridgehead atoms. The van der Waals surface area contributed by atoms with Crippen molar-refractivity contribution in [1.29, 1.82) is 0 Å². The molecule has 2 aromatic rings. The van der Waals surface area contributed by atoms with Gasteiger partial charge in [-0.1, -0.05) is 23.7 Å². The largest absolute Gasteiger partial charge is 0.469 e. The summed E-state index contributed by atoms with van der Waals surface area (Å²) in [4.78, 5) is 26.8. The fourth-order valence-electron chi connectivity index (χ4n) is 3.43. The third-order valence-corrected chi connectivity index (χ3v) is 5.40. The topological polar surface area (TPSA) is 67.9 Å². The number of benzene rings is 2. The molecule has 6 nitrogen and oxygen atoms in total. The lowest BCUT2D eigenvalue weighted by molar-refractivity contribution is -0.143. The van der Waals surface area contributed by atoms with Gasteiger partial charge >= 0.3 is 12.1 Å². The molecule has 0 spiro atoms. The van der Waals surface area contributed by atoms with Crippen molar-refractivity contribution in [3.05, 3.63) is 58.6 Å². The maximum absolute atomic E-state index is 12.8. The average molecular weight is 471 g/mol. The van der Waals surface area contributed by atoms with Gasteiger partial charge in [-0.05, 0) is 35.9 Å². The van der Waals surface area contributed by atoms with Gasteiger partial charge in [0.15, 0.2) is 0 Å². The molecule has 1 aliphatic rings. The standard InChI is InChI=1S/C22H22ClF3N2O4/c1-31-21(30)17(14-2-4-15(5-3-14)22(24,25)26)13-20(29)27-16-6-7-19(18(23)12-16)28-8-10-32-11-9-28/h2-7,12,17H,8-11,13H2,1H3,(H,27,29). The summed E-state index contributed by atoms with van der Waals surface area (Å²) in [5.41, 5.74) is 0.670. The molecule has 1 atom stereocenters. The molecule has 1 heterocycles. The van der Waals surface area contributed by atoms with E-state index in [2.05, 4.69) is 10.2 Å². The Kier molecular flexibility index (Phi) is 7.63. The predicted molar refractivity (Wildman–Crippen MR) is 114 cm³/mol. The van der Waals surface area contributed by atoms with Crippen molar-refractivity contribution in [3.8, 4) is 0 Å². The minimum Gasteiger partial charge on any atom is -0.469 e. The van der Waals surface area contributed by atoms with E-state index in [9.17, 15) is 22.8 Å². The van der Waals surface area contributed by atoms with Gasteiger partial charge in [-0.25, -0.2) is 0 Å². The number of ether oxygens (including phenoxy) is 2. The van der Waals surface area contributed by atoms with Crippen molar-refractivity contribution in [1.82, 2.24) is 0 Å². The van der Waals surface area contributed by atoms with Gasteiger partial charge in [0.1, 0.15) is 0 Å². The maximum atomic E-state index is 12.8. The number of alkyl halides is 3. The minimum atomic E-state index is -4.50. The van der Waals surface area contributed by atoms with Crippen LogP contribution in [-0.2, 0) is 25.2 Å². The van der Waals surface area contributed by atoms with Gasteiger partial charge in [0.2, 0.25) is 5.91 Å². The molecule has 0 aliphatic carbocycles. The molecule has 1 saturated heterocycles. The highest BCUT2D eigenvalue weighted by atomic mass is 35.5. The van der Waals surface area contributed by atoms with Crippen LogP contribution in [0.1, 0.15) is 23.5 Å². The number of methoxy groups -OCH3 is 1. The minimum absolute atomic E-state index is 0.251. The average Bonchev–Trinajstić information content (AvgIpc) is 2.77. The van der Waals surface area contributed by atoms with Gasteiger partial charge in [-0.2, -0.15) is 13.2 Å². The highest BCUT2D eigenvalue weighted by Crippen LogP contribution is 2.32. The number of nitrogens with one attached hydrogen (secondary N) is 1. The maximum Gasteiger partial charge on any atom is 0.416 e. The van der Waals surface area contributed by atoms with Crippen LogP contribution in [0.4, 0.5) is 24.5 Å². The van der Waals surface area contributed by atoms with Crippen LogP contribution >= 0.6 is 11.6 Å². The summed E-state index contributed by atoms with van der Waals surface area (Å²) < 4.78 is 48.5. The summed E-state index contributed by atoms with van der Waals surface area (Å²) in [5.74, 6) is -2.28. The Morgan fingerprint density at radius 1 is 1.16 bits per heavy atom. The number of hydrogen-bond donors (Lipinski definition) is 1. The van der Waals surface area contributed by atoms with E-state index in [0.717, 1.165) is 24.9 Å².